The third-order valence-electron chi connectivity index (χ3n) is 6.23. The zero-order valence-electron chi connectivity index (χ0n) is 18.4. The van der Waals surface area contributed by atoms with Gasteiger partial charge in [0.1, 0.15) is 5.82 Å². The Balaban J connectivity index is 1.46. The molecule has 4 rings (SSSR count). The van der Waals surface area contributed by atoms with Crippen LogP contribution in [0, 0.1) is 0 Å². The maximum Gasteiger partial charge on any atom is 0.496 e. The minimum Gasteiger partial charge on any atom is -0.399 e. The van der Waals surface area contributed by atoms with Crippen molar-refractivity contribution in [2.75, 3.05) is 11.9 Å². The van der Waals surface area contributed by atoms with E-state index in [2.05, 4.69) is 60.7 Å². The lowest BCUT2D eigenvalue weighted by atomic mass is 9.80. The normalized spacial score (nSPS) is 18.4. The molecule has 0 saturated carbocycles. The van der Waals surface area contributed by atoms with Crippen LogP contribution in [0.15, 0.2) is 55.1 Å². The Morgan fingerprint density at radius 2 is 1.73 bits per heavy atom. The lowest BCUT2D eigenvalue weighted by molar-refractivity contribution is 0.00578. The molecular formula is C22H28BN5O2. The number of hydrogen-bond acceptors (Lipinski definition) is 6. The van der Waals surface area contributed by atoms with E-state index >= 15 is 0 Å². The van der Waals surface area contributed by atoms with Gasteiger partial charge in [-0.2, -0.15) is 5.10 Å². The predicted molar refractivity (Wildman–Crippen MR) is 118 cm³/mol. The molecule has 0 radical (unpaired) electrons. The van der Waals surface area contributed by atoms with E-state index in [4.69, 9.17) is 9.31 Å². The first kappa shape index (κ1) is 20.6. The van der Waals surface area contributed by atoms with Gasteiger partial charge in [0.15, 0.2) is 5.82 Å². The summed E-state index contributed by atoms with van der Waals surface area (Å²) in [5.74, 6) is 1.67. The van der Waals surface area contributed by atoms with Gasteiger partial charge in [-0.25, -0.2) is 14.6 Å². The molecule has 0 unspecified atom stereocenters. The molecule has 0 aliphatic carbocycles. The molecule has 1 fully saturated rings. The molecule has 0 bridgehead atoms. The maximum absolute atomic E-state index is 6.12. The van der Waals surface area contributed by atoms with E-state index in [1.54, 1.807) is 10.9 Å². The molecule has 3 aromatic heterocycles. The Morgan fingerprint density at radius 1 is 1.00 bits per heavy atom. The highest BCUT2D eigenvalue weighted by Gasteiger charge is 2.51. The highest BCUT2D eigenvalue weighted by Crippen LogP contribution is 2.36. The van der Waals surface area contributed by atoms with Crippen molar-refractivity contribution >= 4 is 18.4 Å². The second kappa shape index (κ2) is 7.52. The third kappa shape index (κ3) is 3.73. The van der Waals surface area contributed by atoms with Crippen molar-refractivity contribution in [3.63, 3.8) is 0 Å². The number of nitrogens with zero attached hydrogens (tertiary/aromatic N) is 5. The molecule has 30 heavy (non-hydrogen) atoms. The Labute approximate surface area is 178 Å². The molecule has 0 amide bonds. The van der Waals surface area contributed by atoms with E-state index in [1.165, 1.54) is 0 Å². The van der Waals surface area contributed by atoms with Gasteiger partial charge in [-0.15, -0.1) is 0 Å². The van der Waals surface area contributed by atoms with Crippen LogP contribution in [-0.2, 0) is 9.31 Å². The van der Waals surface area contributed by atoms with E-state index in [9.17, 15) is 0 Å². The summed E-state index contributed by atoms with van der Waals surface area (Å²) in [6.45, 7) is 10.3. The van der Waals surface area contributed by atoms with E-state index < -0.39 is 7.12 Å². The summed E-state index contributed by atoms with van der Waals surface area (Å²) >= 11 is 0. The van der Waals surface area contributed by atoms with Crippen molar-refractivity contribution < 1.29 is 9.31 Å². The molecule has 8 heteroatoms. The molecule has 7 nitrogen and oxygen atoms in total. The van der Waals surface area contributed by atoms with Gasteiger partial charge in [-0.05, 0) is 58.4 Å². The fraction of sp³-hybridized carbons (Fsp3) is 0.409. The van der Waals surface area contributed by atoms with Crippen molar-refractivity contribution in [1.29, 1.82) is 0 Å². The average Bonchev–Trinajstić information content (AvgIpc) is 3.33. The summed E-state index contributed by atoms with van der Waals surface area (Å²) in [4.78, 5) is 11.3. The molecule has 156 valence electrons. The predicted octanol–water partition coefficient (Wildman–Crippen LogP) is 3.16. The Kier molecular flexibility index (Phi) is 5.16. The molecular weight excluding hydrogens is 377 g/mol. The molecule has 0 spiro atoms. The molecule has 1 atom stereocenters. The third-order valence-corrected chi connectivity index (χ3v) is 6.23. The quantitative estimate of drug-likeness (QED) is 0.608. The second-order valence-corrected chi connectivity index (χ2v) is 8.73. The lowest BCUT2D eigenvalue weighted by Crippen LogP contribution is -2.41. The number of aromatic nitrogens is 4. The van der Waals surface area contributed by atoms with E-state index in [-0.39, 0.29) is 17.2 Å². The fourth-order valence-corrected chi connectivity index (χ4v) is 3.33. The Morgan fingerprint density at radius 3 is 2.27 bits per heavy atom. The number of hydrogen-bond donors (Lipinski definition) is 0. The van der Waals surface area contributed by atoms with Crippen LogP contribution in [0.25, 0.3) is 5.82 Å². The zero-order chi connectivity index (χ0) is 21.5. The Hall–Kier alpha value is -2.71. The van der Waals surface area contributed by atoms with E-state index in [0.29, 0.717) is 0 Å². The second-order valence-electron chi connectivity index (χ2n) is 8.73. The average molecular weight is 405 g/mol. The summed E-state index contributed by atoms with van der Waals surface area (Å²) in [5, 5.41) is 4.22. The minimum absolute atomic E-state index is 0.111. The van der Waals surface area contributed by atoms with Crippen LogP contribution in [0.4, 0.5) is 5.82 Å². The van der Waals surface area contributed by atoms with Gasteiger partial charge < -0.3 is 14.2 Å². The van der Waals surface area contributed by atoms with Crippen molar-refractivity contribution in [2.45, 2.75) is 51.9 Å². The summed E-state index contributed by atoms with van der Waals surface area (Å²) in [7, 11) is 1.63. The van der Waals surface area contributed by atoms with Crippen LogP contribution >= 0.6 is 0 Å². The standard InChI is InChI=1S/C22H28BN5O2/c1-16(17-8-10-20(24-14-17)28-13-7-12-26-28)27(6)19-11-9-18(15-25-19)23-29-21(2,3)22(4,5)30-23/h7-16H,1-6H3/t16-/m0/s1. The smallest absolute Gasteiger partial charge is 0.399 e. The van der Waals surface area contributed by atoms with Crippen molar-refractivity contribution in [1.82, 2.24) is 19.7 Å². The summed E-state index contributed by atoms with van der Waals surface area (Å²) in [5.41, 5.74) is 1.29. The first-order valence-corrected chi connectivity index (χ1v) is 10.2. The molecule has 0 aromatic carbocycles. The zero-order valence-corrected chi connectivity index (χ0v) is 18.4. The van der Waals surface area contributed by atoms with Gasteiger partial charge in [-0.3, -0.25) is 0 Å². The van der Waals surface area contributed by atoms with Crippen LogP contribution in [-0.4, -0.2) is 45.1 Å². The topological polar surface area (TPSA) is 65.3 Å². The van der Waals surface area contributed by atoms with Gasteiger partial charge in [0.2, 0.25) is 0 Å². The fourth-order valence-electron chi connectivity index (χ4n) is 3.33. The van der Waals surface area contributed by atoms with Crippen molar-refractivity contribution in [3.8, 4) is 5.82 Å². The summed E-state index contributed by atoms with van der Waals surface area (Å²) in [6.07, 6.45) is 7.34. The van der Waals surface area contributed by atoms with Crippen molar-refractivity contribution in [2.24, 2.45) is 0 Å². The highest BCUT2D eigenvalue weighted by atomic mass is 16.7. The molecule has 1 saturated heterocycles. The van der Waals surface area contributed by atoms with Gasteiger partial charge in [0, 0.05) is 37.3 Å². The van der Waals surface area contributed by atoms with Crippen molar-refractivity contribution in [3.05, 3.63) is 60.7 Å². The molecule has 0 N–H and O–H groups in total. The largest absolute Gasteiger partial charge is 0.496 e. The summed E-state index contributed by atoms with van der Waals surface area (Å²) < 4.78 is 14.0. The Bertz CT molecular complexity index is 971. The van der Waals surface area contributed by atoms with Gasteiger partial charge in [0.25, 0.3) is 0 Å². The van der Waals surface area contributed by atoms with E-state index in [0.717, 1.165) is 22.7 Å². The van der Waals surface area contributed by atoms with Crippen LogP contribution in [0.5, 0.6) is 0 Å². The number of rotatable bonds is 5. The van der Waals surface area contributed by atoms with E-state index in [1.807, 2.05) is 49.9 Å². The summed E-state index contributed by atoms with van der Waals surface area (Å²) in [6, 6.07) is 10.1. The van der Waals surface area contributed by atoms with Crippen LogP contribution in [0.2, 0.25) is 0 Å². The van der Waals surface area contributed by atoms with Crippen LogP contribution < -0.4 is 10.4 Å². The minimum atomic E-state index is -0.404. The molecule has 1 aliphatic heterocycles. The highest BCUT2D eigenvalue weighted by molar-refractivity contribution is 6.62. The molecule has 3 aromatic rings. The first-order valence-electron chi connectivity index (χ1n) is 10.2. The van der Waals surface area contributed by atoms with Crippen LogP contribution in [0.3, 0.4) is 0 Å². The number of pyridine rings is 2. The monoisotopic (exact) mass is 405 g/mol. The van der Waals surface area contributed by atoms with Gasteiger partial charge >= 0.3 is 7.12 Å². The lowest BCUT2D eigenvalue weighted by Gasteiger charge is -2.32. The number of anilines is 1. The molecule has 1 aliphatic rings. The van der Waals surface area contributed by atoms with Gasteiger partial charge in [-0.1, -0.05) is 12.1 Å². The van der Waals surface area contributed by atoms with Crippen LogP contribution in [0.1, 0.15) is 46.2 Å². The SMILES string of the molecule is C[C@@H](c1ccc(-n2cccn2)nc1)N(C)c1ccc(B2OC(C)(C)C(C)(C)O2)cn1. The van der Waals surface area contributed by atoms with Gasteiger partial charge in [0.05, 0.1) is 17.2 Å². The maximum atomic E-state index is 6.12. The molecule has 4 heterocycles. The first-order chi connectivity index (χ1) is 14.2.